The second-order valence-corrected chi connectivity index (χ2v) is 7.01. The molecule has 0 saturated heterocycles. The third-order valence-corrected chi connectivity index (χ3v) is 4.23. The largest absolute Gasteiger partial charge is 0.486 e. The van der Waals surface area contributed by atoms with Crippen LogP contribution in [-0.4, -0.2) is 27.5 Å². The number of aromatic nitrogens is 1. The molecule has 0 aliphatic rings. The van der Waals surface area contributed by atoms with E-state index in [9.17, 15) is 9.59 Å². The summed E-state index contributed by atoms with van der Waals surface area (Å²) >= 11 is 7.19. The van der Waals surface area contributed by atoms with Gasteiger partial charge < -0.3 is 15.2 Å². The standard InChI is InChI=1S/C16H17ClN2O4S/c1-16(2,15(21)22)19-13(20)7-11-9-24-14(18-11)8-23-12-5-3-10(17)4-6-12/h3-6,9H,7-8H2,1-2H3,(H,19,20)(H,21,22). The Hall–Kier alpha value is -2.12. The van der Waals surface area contributed by atoms with Crippen LogP contribution >= 0.6 is 22.9 Å². The number of aliphatic carboxylic acids is 1. The lowest BCUT2D eigenvalue weighted by Gasteiger charge is -2.20. The van der Waals surface area contributed by atoms with E-state index in [1.165, 1.54) is 25.2 Å². The van der Waals surface area contributed by atoms with E-state index in [1.807, 2.05) is 0 Å². The Kier molecular flexibility index (Phi) is 5.80. The molecule has 0 aliphatic carbocycles. The smallest absolute Gasteiger partial charge is 0.328 e. The van der Waals surface area contributed by atoms with Crippen LogP contribution in [0, 0.1) is 0 Å². The molecular weight excluding hydrogens is 352 g/mol. The number of benzene rings is 1. The van der Waals surface area contributed by atoms with Gasteiger partial charge in [0, 0.05) is 10.4 Å². The van der Waals surface area contributed by atoms with Crippen molar-refractivity contribution in [2.75, 3.05) is 0 Å². The minimum Gasteiger partial charge on any atom is -0.486 e. The van der Waals surface area contributed by atoms with Crippen molar-refractivity contribution in [2.24, 2.45) is 0 Å². The van der Waals surface area contributed by atoms with Crippen LogP contribution in [0.15, 0.2) is 29.6 Å². The monoisotopic (exact) mass is 368 g/mol. The lowest BCUT2D eigenvalue weighted by atomic mass is 10.1. The van der Waals surface area contributed by atoms with Gasteiger partial charge in [-0.1, -0.05) is 11.6 Å². The number of carbonyl (C=O) groups excluding carboxylic acids is 1. The zero-order valence-corrected chi connectivity index (χ0v) is 14.8. The lowest BCUT2D eigenvalue weighted by Crippen LogP contribution is -2.50. The van der Waals surface area contributed by atoms with Gasteiger partial charge >= 0.3 is 5.97 Å². The fourth-order valence-electron chi connectivity index (χ4n) is 1.78. The minimum atomic E-state index is -1.31. The Morgan fingerprint density at radius 2 is 2.00 bits per heavy atom. The number of halogens is 1. The molecule has 0 unspecified atom stereocenters. The first kappa shape index (κ1) is 18.2. The van der Waals surface area contributed by atoms with Gasteiger partial charge in [0.25, 0.3) is 0 Å². The fraction of sp³-hybridized carbons (Fsp3) is 0.312. The van der Waals surface area contributed by atoms with Gasteiger partial charge in [-0.05, 0) is 38.1 Å². The van der Waals surface area contributed by atoms with Gasteiger partial charge in [0.1, 0.15) is 22.9 Å². The molecule has 2 N–H and O–H groups in total. The Morgan fingerprint density at radius 1 is 1.33 bits per heavy atom. The molecule has 0 saturated carbocycles. The van der Waals surface area contributed by atoms with E-state index in [0.717, 1.165) is 5.01 Å². The van der Waals surface area contributed by atoms with Crippen LogP contribution in [0.1, 0.15) is 24.5 Å². The predicted octanol–water partition coefficient (Wildman–Crippen LogP) is 2.90. The molecule has 1 heterocycles. The van der Waals surface area contributed by atoms with Gasteiger partial charge in [-0.3, -0.25) is 4.79 Å². The van der Waals surface area contributed by atoms with Gasteiger partial charge in [-0.2, -0.15) is 0 Å². The Labute approximate surface area is 148 Å². The molecule has 2 aromatic rings. The molecule has 24 heavy (non-hydrogen) atoms. The number of carboxylic acid groups (broad SMARTS) is 1. The predicted molar refractivity (Wildman–Crippen MR) is 91.5 cm³/mol. The maximum atomic E-state index is 11.9. The van der Waals surface area contributed by atoms with Gasteiger partial charge in [0.15, 0.2) is 0 Å². The molecule has 2 rings (SSSR count). The summed E-state index contributed by atoms with van der Waals surface area (Å²) in [6.45, 7) is 3.15. The number of thiazole rings is 1. The van der Waals surface area contributed by atoms with E-state index in [1.54, 1.807) is 29.6 Å². The molecule has 0 bridgehead atoms. The fourth-order valence-corrected chi connectivity index (χ4v) is 2.61. The highest BCUT2D eigenvalue weighted by Gasteiger charge is 2.28. The zero-order chi connectivity index (χ0) is 17.7. The molecule has 0 atom stereocenters. The van der Waals surface area contributed by atoms with Crippen molar-refractivity contribution < 1.29 is 19.4 Å². The van der Waals surface area contributed by atoms with Crippen LogP contribution in [0.3, 0.4) is 0 Å². The molecule has 1 aromatic carbocycles. The van der Waals surface area contributed by atoms with Crippen molar-refractivity contribution in [3.63, 3.8) is 0 Å². The SMILES string of the molecule is CC(C)(NC(=O)Cc1csc(COc2ccc(Cl)cc2)n1)C(=O)O. The Morgan fingerprint density at radius 3 is 2.62 bits per heavy atom. The molecule has 0 aliphatic heterocycles. The van der Waals surface area contributed by atoms with Gasteiger partial charge in [-0.25, -0.2) is 9.78 Å². The average Bonchev–Trinajstić information content (AvgIpc) is 2.93. The summed E-state index contributed by atoms with van der Waals surface area (Å²) in [5, 5.41) is 14.6. The zero-order valence-electron chi connectivity index (χ0n) is 13.2. The maximum Gasteiger partial charge on any atom is 0.328 e. The number of amides is 1. The quantitative estimate of drug-likeness (QED) is 0.784. The molecule has 1 aromatic heterocycles. The summed E-state index contributed by atoms with van der Waals surface area (Å²) in [5.41, 5.74) is -0.735. The topological polar surface area (TPSA) is 88.5 Å². The molecule has 6 nitrogen and oxygen atoms in total. The third-order valence-electron chi connectivity index (χ3n) is 3.10. The summed E-state index contributed by atoms with van der Waals surface area (Å²) in [6.07, 6.45) is 0.0220. The Balaban J connectivity index is 1.87. The maximum absolute atomic E-state index is 11.9. The lowest BCUT2D eigenvalue weighted by molar-refractivity contribution is -0.145. The number of nitrogens with one attached hydrogen (secondary N) is 1. The molecule has 8 heteroatoms. The van der Waals surface area contributed by atoms with E-state index >= 15 is 0 Å². The molecule has 0 fully saturated rings. The summed E-state index contributed by atoms with van der Waals surface area (Å²) in [6, 6.07) is 6.99. The number of hydrogen-bond donors (Lipinski definition) is 2. The molecule has 128 valence electrons. The number of ether oxygens (including phenoxy) is 1. The number of carbonyl (C=O) groups is 2. The van der Waals surface area contributed by atoms with Crippen molar-refractivity contribution in [1.82, 2.24) is 10.3 Å². The van der Waals surface area contributed by atoms with E-state index in [4.69, 9.17) is 21.4 Å². The average molecular weight is 369 g/mol. The Bertz CT molecular complexity index is 728. The summed E-state index contributed by atoms with van der Waals surface area (Å²) in [5.74, 6) is -0.804. The van der Waals surface area contributed by atoms with Crippen LogP contribution in [0.25, 0.3) is 0 Å². The van der Waals surface area contributed by atoms with Crippen molar-refractivity contribution in [3.05, 3.63) is 45.4 Å². The van der Waals surface area contributed by atoms with Crippen LogP contribution < -0.4 is 10.1 Å². The van der Waals surface area contributed by atoms with E-state index < -0.39 is 17.4 Å². The summed E-state index contributed by atoms with van der Waals surface area (Å²) < 4.78 is 5.59. The van der Waals surface area contributed by atoms with E-state index in [2.05, 4.69) is 10.3 Å². The number of rotatable bonds is 7. The van der Waals surface area contributed by atoms with Crippen LogP contribution in [0.4, 0.5) is 0 Å². The van der Waals surface area contributed by atoms with Crippen LogP contribution in [0.5, 0.6) is 5.75 Å². The van der Waals surface area contributed by atoms with Crippen LogP contribution in [-0.2, 0) is 22.6 Å². The van der Waals surface area contributed by atoms with Crippen LogP contribution in [0.2, 0.25) is 5.02 Å². The first-order valence-electron chi connectivity index (χ1n) is 7.12. The normalized spacial score (nSPS) is 11.1. The second-order valence-electron chi connectivity index (χ2n) is 5.63. The molecule has 0 radical (unpaired) electrons. The van der Waals surface area contributed by atoms with Gasteiger partial charge in [-0.15, -0.1) is 11.3 Å². The summed E-state index contributed by atoms with van der Waals surface area (Å²) in [7, 11) is 0. The van der Waals surface area contributed by atoms with E-state index in [-0.39, 0.29) is 13.0 Å². The third kappa shape index (κ3) is 5.21. The highest BCUT2D eigenvalue weighted by molar-refractivity contribution is 7.09. The highest BCUT2D eigenvalue weighted by atomic mass is 35.5. The van der Waals surface area contributed by atoms with Gasteiger partial charge in [0.05, 0.1) is 12.1 Å². The molecule has 0 spiro atoms. The molecule has 1 amide bonds. The first-order valence-corrected chi connectivity index (χ1v) is 8.38. The van der Waals surface area contributed by atoms with E-state index in [0.29, 0.717) is 16.5 Å². The number of hydrogen-bond acceptors (Lipinski definition) is 5. The highest BCUT2D eigenvalue weighted by Crippen LogP contribution is 2.18. The molecular formula is C16H17ClN2O4S. The van der Waals surface area contributed by atoms with Crippen molar-refractivity contribution >= 4 is 34.8 Å². The van der Waals surface area contributed by atoms with Crippen molar-refractivity contribution in [3.8, 4) is 5.75 Å². The van der Waals surface area contributed by atoms with Crippen molar-refractivity contribution in [1.29, 1.82) is 0 Å². The van der Waals surface area contributed by atoms with Gasteiger partial charge in [0.2, 0.25) is 5.91 Å². The summed E-state index contributed by atoms with van der Waals surface area (Å²) in [4.78, 5) is 27.2. The minimum absolute atomic E-state index is 0.0220. The van der Waals surface area contributed by atoms with Crippen molar-refractivity contribution in [2.45, 2.75) is 32.4 Å². The number of nitrogens with zero attached hydrogens (tertiary/aromatic N) is 1. The first-order chi connectivity index (χ1) is 11.3. The second kappa shape index (κ2) is 7.63. The number of carboxylic acids is 1.